The summed E-state index contributed by atoms with van der Waals surface area (Å²) in [5.41, 5.74) is 2.26. The fraction of sp³-hybridized carbons (Fsp3) is 0.700. The normalized spacial score (nSPS) is 29.3. The molecule has 0 fully saturated rings. The Morgan fingerprint density at radius 1 is 1.14 bits per heavy atom. The first-order valence-electron chi connectivity index (χ1n) is 8.62. The summed E-state index contributed by atoms with van der Waals surface area (Å²) < 4.78 is 0. The summed E-state index contributed by atoms with van der Waals surface area (Å²) >= 11 is 0. The van der Waals surface area contributed by atoms with E-state index in [1.165, 1.54) is 11.1 Å². The summed E-state index contributed by atoms with van der Waals surface area (Å²) in [6.07, 6.45) is 10.0. The molecule has 124 valence electrons. The third-order valence-electron chi connectivity index (χ3n) is 4.92. The van der Waals surface area contributed by atoms with Crippen molar-refractivity contribution in [1.82, 2.24) is 0 Å². The third kappa shape index (κ3) is 5.90. The minimum absolute atomic E-state index is 0.0592. The lowest BCUT2D eigenvalue weighted by Crippen LogP contribution is -2.29. The SMILES string of the molecule is C/C1=C\CC(C)(CCC(=O)C(C)C)C(=O)CC/C(C)=C/CC1. The minimum Gasteiger partial charge on any atom is -0.299 e. The maximum Gasteiger partial charge on any atom is 0.139 e. The number of carbonyl (C=O) groups excluding carboxylic acids is 2. The van der Waals surface area contributed by atoms with E-state index in [4.69, 9.17) is 0 Å². The molecular weight excluding hydrogens is 272 g/mol. The van der Waals surface area contributed by atoms with Crippen molar-refractivity contribution in [2.45, 2.75) is 79.6 Å². The molecule has 2 heteroatoms. The lowest BCUT2D eigenvalue weighted by atomic mass is 9.75. The Bertz CT molecular complexity index is 468. The third-order valence-corrected chi connectivity index (χ3v) is 4.92. The summed E-state index contributed by atoms with van der Waals surface area (Å²) in [5.74, 6) is 0.631. The highest BCUT2D eigenvalue weighted by Gasteiger charge is 2.32. The Morgan fingerprint density at radius 3 is 2.41 bits per heavy atom. The van der Waals surface area contributed by atoms with Gasteiger partial charge in [-0.05, 0) is 46.0 Å². The number of Topliss-reactive ketones (excluding diaryl/α,β-unsaturated/α-hetero) is 2. The van der Waals surface area contributed by atoms with Crippen molar-refractivity contribution >= 4 is 11.6 Å². The molecule has 0 aliphatic heterocycles. The molecule has 0 heterocycles. The van der Waals surface area contributed by atoms with Gasteiger partial charge in [-0.25, -0.2) is 0 Å². The predicted molar refractivity (Wildman–Crippen MR) is 92.8 cm³/mol. The van der Waals surface area contributed by atoms with Crippen LogP contribution in [0.1, 0.15) is 79.6 Å². The molecule has 0 spiro atoms. The largest absolute Gasteiger partial charge is 0.299 e. The summed E-state index contributed by atoms with van der Waals surface area (Å²) in [6, 6.07) is 0. The zero-order chi connectivity index (χ0) is 16.8. The first-order chi connectivity index (χ1) is 10.2. The van der Waals surface area contributed by atoms with E-state index < -0.39 is 5.41 Å². The van der Waals surface area contributed by atoms with Crippen molar-refractivity contribution in [3.8, 4) is 0 Å². The zero-order valence-corrected chi connectivity index (χ0v) is 15.0. The van der Waals surface area contributed by atoms with E-state index in [0.717, 1.165) is 25.7 Å². The van der Waals surface area contributed by atoms with Gasteiger partial charge in [-0.15, -0.1) is 0 Å². The molecule has 1 unspecified atom stereocenters. The molecule has 0 aromatic rings. The van der Waals surface area contributed by atoms with Crippen molar-refractivity contribution in [2.24, 2.45) is 11.3 Å². The number of ketones is 2. The second kappa shape index (κ2) is 8.45. The van der Waals surface area contributed by atoms with Crippen molar-refractivity contribution in [1.29, 1.82) is 0 Å². The lowest BCUT2D eigenvalue weighted by Gasteiger charge is -2.27. The molecule has 1 rings (SSSR count). The molecule has 0 saturated heterocycles. The van der Waals surface area contributed by atoms with Crippen LogP contribution in [0.15, 0.2) is 23.3 Å². The molecule has 0 aromatic carbocycles. The van der Waals surface area contributed by atoms with E-state index in [0.29, 0.717) is 25.0 Å². The van der Waals surface area contributed by atoms with E-state index >= 15 is 0 Å². The van der Waals surface area contributed by atoms with Crippen molar-refractivity contribution in [3.63, 3.8) is 0 Å². The van der Waals surface area contributed by atoms with Gasteiger partial charge in [-0.2, -0.15) is 0 Å². The Balaban J connectivity index is 2.88. The molecule has 1 atom stereocenters. The van der Waals surface area contributed by atoms with Gasteiger partial charge in [-0.3, -0.25) is 9.59 Å². The topological polar surface area (TPSA) is 34.1 Å². The predicted octanol–water partition coefficient (Wildman–Crippen LogP) is 5.42. The first kappa shape index (κ1) is 18.9. The molecule has 0 bridgehead atoms. The van der Waals surface area contributed by atoms with E-state index in [1.54, 1.807) is 0 Å². The van der Waals surface area contributed by atoms with Gasteiger partial charge in [0.2, 0.25) is 0 Å². The Hall–Kier alpha value is -1.18. The highest BCUT2D eigenvalue weighted by atomic mass is 16.1. The maximum absolute atomic E-state index is 12.7. The van der Waals surface area contributed by atoms with Crippen LogP contribution in [-0.4, -0.2) is 11.6 Å². The molecule has 1 aliphatic carbocycles. The number of rotatable bonds is 4. The van der Waals surface area contributed by atoms with Crippen LogP contribution < -0.4 is 0 Å². The van der Waals surface area contributed by atoms with Gasteiger partial charge in [0, 0.05) is 24.2 Å². The molecule has 0 saturated carbocycles. The average Bonchev–Trinajstić information content (AvgIpc) is 2.48. The van der Waals surface area contributed by atoms with E-state index in [1.807, 2.05) is 20.8 Å². The number of hydrogen-bond acceptors (Lipinski definition) is 2. The van der Waals surface area contributed by atoms with Gasteiger partial charge >= 0.3 is 0 Å². The van der Waals surface area contributed by atoms with Gasteiger partial charge in [0.15, 0.2) is 0 Å². The second-order valence-electron chi connectivity index (χ2n) is 7.45. The van der Waals surface area contributed by atoms with Gasteiger partial charge in [0.05, 0.1) is 0 Å². The zero-order valence-electron chi connectivity index (χ0n) is 15.0. The summed E-state index contributed by atoms with van der Waals surface area (Å²) in [4.78, 5) is 24.7. The Morgan fingerprint density at radius 2 is 1.77 bits per heavy atom. The molecule has 22 heavy (non-hydrogen) atoms. The molecule has 1 aliphatic rings. The summed E-state index contributed by atoms with van der Waals surface area (Å²) in [6.45, 7) is 10.2. The standard InChI is InChI=1S/C20H32O2/c1-15(2)18(21)12-14-20(5)13-11-17(4)8-6-7-16(3)9-10-19(20)22/h7,11,15H,6,8-10,12-14H2,1-5H3/b16-7+,17-11+. The van der Waals surface area contributed by atoms with E-state index in [2.05, 4.69) is 26.0 Å². The fourth-order valence-electron chi connectivity index (χ4n) is 2.81. The van der Waals surface area contributed by atoms with E-state index in [9.17, 15) is 9.59 Å². The molecule has 0 amide bonds. The van der Waals surface area contributed by atoms with Crippen molar-refractivity contribution in [2.75, 3.05) is 0 Å². The van der Waals surface area contributed by atoms with Crippen LogP contribution in [0.4, 0.5) is 0 Å². The van der Waals surface area contributed by atoms with Crippen LogP contribution in [0, 0.1) is 11.3 Å². The van der Waals surface area contributed by atoms with Gasteiger partial charge in [0.1, 0.15) is 11.6 Å². The maximum atomic E-state index is 12.7. The quantitative estimate of drug-likeness (QED) is 0.649. The minimum atomic E-state index is -0.392. The Kier molecular flexibility index (Phi) is 7.25. The van der Waals surface area contributed by atoms with Gasteiger partial charge in [-0.1, -0.05) is 44.1 Å². The smallest absolute Gasteiger partial charge is 0.139 e. The van der Waals surface area contributed by atoms with Crippen LogP contribution >= 0.6 is 0 Å². The van der Waals surface area contributed by atoms with Crippen LogP contribution in [-0.2, 0) is 9.59 Å². The van der Waals surface area contributed by atoms with Gasteiger partial charge < -0.3 is 0 Å². The van der Waals surface area contributed by atoms with Crippen LogP contribution in [0.5, 0.6) is 0 Å². The van der Waals surface area contributed by atoms with Crippen LogP contribution in [0.3, 0.4) is 0 Å². The van der Waals surface area contributed by atoms with Crippen molar-refractivity contribution in [3.05, 3.63) is 23.3 Å². The van der Waals surface area contributed by atoms with E-state index in [-0.39, 0.29) is 11.7 Å². The monoisotopic (exact) mass is 304 g/mol. The van der Waals surface area contributed by atoms with Crippen molar-refractivity contribution < 1.29 is 9.59 Å². The molecule has 0 aromatic heterocycles. The van der Waals surface area contributed by atoms with Crippen LogP contribution in [0.25, 0.3) is 0 Å². The molecule has 0 N–H and O–H groups in total. The molecular formula is C20H32O2. The highest BCUT2D eigenvalue weighted by Crippen LogP contribution is 2.33. The molecule has 2 nitrogen and oxygen atoms in total. The highest BCUT2D eigenvalue weighted by molar-refractivity contribution is 5.86. The van der Waals surface area contributed by atoms with Gasteiger partial charge in [0.25, 0.3) is 0 Å². The number of carbonyl (C=O) groups is 2. The second-order valence-corrected chi connectivity index (χ2v) is 7.45. The number of allylic oxidation sites excluding steroid dienone is 4. The summed E-state index contributed by atoms with van der Waals surface area (Å²) in [5, 5.41) is 0. The molecule has 0 radical (unpaired) electrons. The number of hydrogen-bond donors (Lipinski definition) is 0. The summed E-state index contributed by atoms with van der Waals surface area (Å²) in [7, 11) is 0. The first-order valence-corrected chi connectivity index (χ1v) is 8.62. The lowest BCUT2D eigenvalue weighted by molar-refractivity contribution is -0.129. The average molecular weight is 304 g/mol. The Labute approximate surface area is 136 Å². The van der Waals surface area contributed by atoms with Crippen LogP contribution in [0.2, 0.25) is 0 Å². The fourth-order valence-corrected chi connectivity index (χ4v) is 2.81.